The summed E-state index contributed by atoms with van der Waals surface area (Å²) in [5, 5.41) is 2.24. The molecule has 0 aromatic heterocycles. The average molecular weight is 410 g/mol. The molecule has 0 bridgehead atoms. The molecule has 1 saturated carbocycles. The Labute approximate surface area is 174 Å². The lowest BCUT2D eigenvalue weighted by atomic mass is 9.68. The zero-order valence-corrected chi connectivity index (χ0v) is 16.9. The predicted molar refractivity (Wildman–Crippen MR) is 107 cm³/mol. The van der Waals surface area contributed by atoms with E-state index in [0.29, 0.717) is 17.7 Å². The Morgan fingerprint density at radius 2 is 1.90 bits per heavy atom. The Morgan fingerprint density at radius 1 is 1.10 bits per heavy atom. The smallest absolute Gasteiger partial charge is 0.262 e. The number of amides is 4. The third-order valence-electron chi connectivity index (χ3n) is 7.28. The van der Waals surface area contributed by atoms with Gasteiger partial charge in [-0.3, -0.25) is 34.3 Å². The minimum atomic E-state index is -0.936. The first-order chi connectivity index (χ1) is 14.4. The van der Waals surface area contributed by atoms with Gasteiger partial charge in [0.25, 0.3) is 11.8 Å². The van der Waals surface area contributed by atoms with Crippen LogP contribution in [0.3, 0.4) is 0 Å². The van der Waals surface area contributed by atoms with Gasteiger partial charge in [0.05, 0.1) is 11.1 Å². The van der Waals surface area contributed by atoms with Crippen LogP contribution in [0.5, 0.6) is 0 Å². The Morgan fingerprint density at radius 3 is 2.60 bits per heavy atom. The molecule has 1 aliphatic carbocycles. The number of hydrogen-bond acceptors (Lipinski definition) is 6. The molecule has 8 heteroatoms. The average Bonchev–Trinajstić information content (AvgIpc) is 2.94. The van der Waals surface area contributed by atoms with Crippen molar-refractivity contribution in [1.29, 1.82) is 0 Å². The number of nitrogens with one attached hydrogen (secondary N) is 1. The summed E-state index contributed by atoms with van der Waals surface area (Å²) in [5.41, 5.74) is 7.91. The van der Waals surface area contributed by atoms with Gasteiger partial charge in [-0.15, -0.1) is 0 Å². The summed E-state index contributed by atoms with van der Waals surface area (Å²) in [5.74, 6) is -1.84. The molecule has 2 unspecified atom stereocenters. The first-order valence-electron chi connectivity index (χ1n) is 10.7. The molecule has 1 aromatic carbocycles. The molecule has 1 spiro atoms. The van der Waals surface area contributed by atoms with Crippen LogP contribution in [0.25, 0.3) is 0 Å². The van der Waals surface area contributed by atoms with E-state index in [4.69, 9.17) is 5.73 Å². The van der Waals surface area contributed by atoms with Gasteiger partial charge in [-0.1, -0.05) is 12.1 Å². The second-order valence-electron chi connectivity index (χ2n) is 9.04. The highest BCUT2D eigenvalue weighted by Crippen LogP contribution is 2.45. The number of rotatable bonds is 3. The van der Waals surface area contributed by atoms with E-state index >= 15 is 0 Å². The highest BCUT2D eigenvalue weighted by Gasteiger charge is 2.48. The lowest BCUT2D eigenvalue weighted by molar-refractivity contribution is -0.136. The number of benzene rings is 1. The Kier molecular flexibility index (Phi) is 4.52. The summed E-state index contributed by atoms with van der Waals surface area (Å²) in [6.45, 7) is 1.47. The third-order valence-corrected chi connectivity index (χ3v) is 7.28. The lowest BCUT2D eigenvalue weighted by Gasteiger charge is -2.55. The van der Waals surface area contributed by atoms with Crippen molar-refractivity contribution in [3.8, 4) is 0 Å². The zero-order valence-electron chi connectivity index (χ0n) is 16.9. The van der Waals surface area contributed by atoms with Crippen LogP contribution in [0.2, 0.25) is 0 Å². The largest absolute Gasteiger partial charge is 0.328 e. The molecule has 3 heterocycles. The van der Waals surface area contributed by atoms with E-state index in [1.54, 1.807) is 12.1 Å². The van der Waals surface area contributed by atoms with Crippen molar-refractivity contribution >= 4 is 23.6 Å². The number of fused-ring (bicyclic) bond motifs is 1. The van der Waals surface area contributed by atoms with Crippen molar-refractivity contribution in [1.82, 2.24) is 15.1 Å². The topological polar surface area (TPSA) is 113 Å². The summed E-state index contributed by atoms with van der Waals surface area (Å²) in [7, 11) is 0. The highest BCUT2D eigenvalue weighted by atomic mass is 16.2. The van der Waals surface area contributed by atoms with Gasteiger partial charge in [0, 0.05) is 31.1 Å². The molecule has 30 heavy (non-hydrogen) atoms. The van der Waals surface area contributed by atoms with Gasteiger partial charge in [0.1, 0.15) is 6.04 Å². The molecule has 1 aromatic rings. The van der Waals surface area contributed by atoms with Crippen LogP contribution in [-0.4, -0.2) is 57.6 Å². The van der Waals surface area contributed by atoms with Crippen molar-refractivity contribution in [3.05, 3.63) is 34.9 Å². The van der Waals surface area contributed by atoms with Gasteiger partial charge in [0.15, 0.2) is 0 Å². The standard InChI is InChI=1S/C22H26N4O4/c23-14-7-10-25(22(11-14)8-2-9-22)12-13-3-1-4-15-18(13)21(30)26(20(15)29)16-5-6-17(27)24-19(16)28/h1,3-4,14,16H,2,5-12,23H2,(H,24,27,28). The number of nitrogens with two attached hydrogens (primary N) is 1. The summed E-state index contributed by atoms with van der Waals surface area (Å²) in [6.07, 6.45) is 5.60. The normalized spacial score (nSPS) is 28.5. The molecule has 3 N–H and O–H groups in total. The van der Waals surface area contributed by atoms with Crippen LogP contribution in [0.4, 0.5) is 0 Å². The summed E-state index contributed by atoms with van der Waals surface area (Å²) >= 11 is 0. The number of hydrogen-bond donors (Lipinski definition) is 2. The van der Waals surface area contributed by atoms with Gasteiger partial charge in [0.2, 0.25) is 11.8 Å². The first-order valence-corrected chi connectivity index (χ1v) is 10.7. The molecule has 158 valence electrons. The fourth-order valence-corrected chi connectivity index (χ4v) is 5.55. The van der Waals surface area contributed by atoms with Crippen LogP contribution in [-0.2, 0) is 16.1 Å². The monoisotopic (exact) mass is 410 g/mol. The maximum absolute atomic E-state index is 13.3. The molecule has 5 rings (SSSR count). The second kappa shape index (κ2) is 6.99. The van der Waals surface area contributed by atoms with E-state index in [-0.39, 0.29) is 30.3 Å². The van der Waals surface area contributed by atoms with Gasteiger partial charge in [-0.2, -0.15) is 0 Å². The second-order valence-corrected chi connectivity index (χ2v) is 9.04. The molecule has 4 amide bonds. The quantitative estimate of drug-likeness (QED) is 0.717. The van der Waals surface area contributed by atoms with Gasteiger partial charge in [-0.05, 0) is 50.2 Å². The van der Waals surface area contributed by atoms with E-state index in [9.17, 15) is 19.2 Å². The van der Waals surface area contributed by atoms with E-state index in [1.165, 1.54) is 6.42 Å². The van der Waals surface area contributed by atoms with E-state index in [2.05, 4.69) is 10.2 Å². The summed E-state index contributed by atoms with van der Waals surface area (Å²) in [6, 6.07) is 4.63. The van der Waals surface area contributed by atoms with Gasteiger partial charge in [-0.25, -0.2) is 0 Å². The predicted octanol–water partition coefficient (Wildman–Crippen LogP) is 0.934. The van der Waals surface area contributed by atoms with Crippen LogP contribution in [0.1, 0.15) is 71.2 Å². The summed E-state index contributed by atoms with van der Waals surface area (Å²) < 4.78 is 0. The molecule has 2 atom stereocenters. The summed E-state index contributed by atoms with van der Waals surface area (Å²) in [4.78, 5) is 53.6. The molecule has 0 radical (unpaired) electrons. The van der Waals surface area contributed by atoms with Gasteiger partial charge >= 0.3 is 0 Å². The number of carbonyl (C=O) groups is 4. The van der Waals surface area contributed by atoms with Crippen LogP contribution in [0.15, 0.2) is 18.2 Å². The van der Waals surface area contributed by atoms with E-state index < -0.39 is 23.8 Å². The Bertz CT molecular complexity index is 954. The number of piperidine rings is 2. The Hall–Kier alpha value is -2.58. The van der Waals surface area contributed by atoms with Crippen molar-refractivity contribution in [2.45, 2.75) is 69.1 Å². The number of likely N-dealkylation sites (tertiary alicyclic amines) is 1. The SMILES string of the molecule is NC1CCN(Cc2cccc3c2C(=O)N(C2CCC(=O)NC2=O)C3=O)C2(CCC2)C1. The molecular formula is C22H26N4O4. The van der Waals surface area contributed by atoms with Gasteiger partial charge < -0.3 is 5.73 Å². The number of carbonyl (C=O) groups excluding carboxylic acids is 4. The van der Waals surface area contributed by atoms with E-state index in [1.807, 2.05) is 6.07 Å². The Balaban J connectivity index is 1.44. The molecular weight excluding hydrogens is 384 g/mol. The van der Waals surface area contributed by atoms with Crippen molar-refractivity contribution in [3.63, 3.8) is 0 Å². The minimum Gasteiger partial charge on any atom is -0.328 e. The molecule has 3 fully saturated rings. The maximum Gasteiger partial charge on any atom is 0.262 e. The van der Waals surface area contributed by atoms with Crippen LogP contribution < -0.4 is 11.1 Å². The first kappa shape index (κ1) is 19.4. The highest BCUT2D eigenvalue weighted by molar-refractivity contribution is 6.24. The maximum atomic E-state index is 13.3. The van der Waals surface area contributed by atoms with Crippen molar-refractivity contribution in [2.24, 2.45) is 5.73 Å². The lowest BCUT2D eigenvalue weighted by Crippen LogP contribution is -2.60. The van der Waals surface area contributed by atoms with E-state index in [0.717, 1.165) is 42.7 Å². The molecule has 2 saturated heterocycles. The fraction of sp³-hybridized carbons (Fsp3) is 0.545. The minimum absolute atomic E-state index is 0.107. The number of imide groups is 2. The molecule has 4 aliphatic rings. The van der Waals surface area contributed by atoms with Crippen molar-refractivity contribution in [2.75, 3.05) is 6.54 Å². The number of nitrogens with zero attached hydrogens (tertiary/aromatic N) is 2. The van der Waals surface area contributed by atoms with Crippen LogP contribution >= 0.6 is 0 Å². The third kappa shape index (κ3) is 2.89. The van der Waals surface area contributed by atoms with Crippen molar-refractivity contribution < 1.29 is 19.2 Å². The van der Waals surface area contributed by atoms with Crippen LogP contribution in [0, 0.1) is 0 Å². The fourth-order valence-electron chi connectivity index (χ4n) is 5.55. The molecule has 3 aliphatic heterocycles. The zero-order chi connectivity index (χ0) is 21.0. The molecule has 8 nitrogen and oxygen atoms in total.